The molecule has 1 aromatic carbocycles. The number of aryl methyl sites for hydroxylation is 1. The summed E-state index contributed by atoms with van der Waals surface area (Å²) in [7, 11) is 0. The number of pyridine rings is 1. The molecule has 1 saturated heterocycles. The Balaban J connectivity index is 1.85. The summed E-state index contributed by atoms with van der Waals surface area (Å²) in [5, 5.41) is 19.3. The minimum atomic E-state index is -1.16. The Morgan fingerprint density at radius 2 is 2.17 bits per heavy atom. The zero-order valence-corrected chi connectivity index (χ0v) is 13.2. The molecule has 2 N–H and O–H groups in total. The molecule has 1 aliphatic heterocycles. The fraction of sp³-hybridized carbons (Fsp3) is 0.353. The number of hydrogen-bond donors (Lipinski definition) is 2. The first-order chi connectivity index (χ1) is 11.4. The Morgan fingerprint density at radius 1 is 1.38 bits per heavy atom. The van der Waals surface area contributed by atoms with Crippen molar-refractivity contribution in [2.75, 3.05) is 19.7 Å². The maximum Gasteiger partial charge on any atom is 0.354 e. The predicted octanol–water partition coefficient (Wildman–Crippen LogP) is 1.21. The fourth-order valence-corrected chi connectivity index (χ4v) is 2.73. The van der Waals surface area contributed by atoms with E-state index in [1.807, 2.05) is 13.0 Å². The van der Waals surface area contributed by atoms with Gasteiger partial charge < -0.3 is 19.8 Å². The summed E-state index contributed by atoms with van der Waals surface area (Å²) in [4.78, 5) is 29.0. The third-order valence-corrected chi connectivity index (χ3v) is 4.01. The molecular formula is C17H18N2O5. The van der Waals surface area contributed by atoms with Gasteiger partial charge in [0.05, 0.1) is 11.6 Å². The number of ether oxygens (including phenoxy) is 1. The van der Waals surface area contributed by atoms with E-state index in [4.69, 9.17) is 4.74 Å². The standard InChI is InChI=1S/C17H18N2O5/c1-10-2-3-12-13(6-10)18-14(17(22)23)7-15(12)24-9-16(21)19-5-4-11(20)8-19/h2-3,6-7,11,20H,4-5,8-9H2,1H3,(H,22,23). The van der Waals surface area contributed by atoms with Gasteiger partial charge in [0.15, 0.2) is 12.3 Å². The molecule has 126 valence electrons. The van der Waals surface area contributed by atoms with Gasteiger partial charge in [0.2, 0.25) is 0 Å². The first-order valence-electron chi connectivity index (χ1n) is 7.67. The van der Waals surface area contributed by atoms with Gasteiger partial charge in [0, 0.05) is 24.5 Å². The van der Waals surface area contributed by atoms with Crippen molar-refractivity contribution in [2.24, 2.45) is 0 Å². The zero-order chi connectivity index (χ0) is 17.3. The summed E-state index contributed by atoms with van der Waals surface area (Å²) < 4.78 is 5.58. The molecule has 0 bridgehead atoms. The van der Waals surface area contributed by atoms with Crippen LogP contribution in [-0.2, 0) is 4.79 Å². The van der Waals surface area contributed by atoms with Crippen LogP contribution in [0.25, 0.3) is 10.9 Å². The number of benzene rings is 1. The molecule has 0 aliphatic carbocycles. The highest BCUT2D eigenvalue weighted by Gasteiger charge is 2.25. The van der Waals surface area contributed by atoms with Gasteiger partial charge in [-0.1, -0.05) is 6.07 Å². The number of amides is 1. The Morgan fingerprint density at radius 3 is 2.83 bits per heavy atom. The number of aromatic carboxylic acids is 1. The highest BCUT2D eigenvalue weighted by molar-refractivity contribution is 5.93. The normalized spacial score (nSPS) is 17.2. The molecule has 24 heavy (non-hydrogen) atoms. The van der Waals surface area contributed by atoms with Gasteiger partial charge in [-0.2, -0.15) is 0 Å². The summed E-state index contributed by atoms with van der Waals surface area (Å²) in [6.45, 7) is 2.48. The lowest BCUT2D eigenvalue weighted by atomic mass is 10.1. The van der Waals surface area contributed by atoms with E-state index in [2.05, 4.69) is 4.98 Å². The maximum absolute atomic E-state index is 12.1. The number of carbonyl (C=O) groups excluding carboxylic acids is 1. The van der Waals surface area contributed by atoms with E-state index in [-0.39, 0.29) is 18.2 Å². The maximum atomic E-state index is 12.1. The van der Waals surface area contributed by atoms with Crippen LogP contribution in [-0.4, -0.2) is 57.8 Å². The number of likely N-dealkylation sites (tertiary alicyclic amines) is 1. The SMILES string of the molecule is Cc1ccc2c(OCC(=O)N3CCC(O)C3)cc(C(=O)O)nc2c1. The lowest BCUT2D eigenvalue weighted by Crippen LogP contribution is -2.33. The number of hydrogen-bond acceptors (Lipinski definition) is 5. The largest absolute Gasteiger partial charge is 0.483 e. The van der Waals surface area contributed by atoms with Crippen molar-refractivity contribution in [2.45, 2.75) is 19.4 Å². The molecular weight excluding hydrogens is 312 g/mol. The molecule has 1 atom stereocenters. The first kappa shape index (κ1) is 16.2. The molecule has 1 amide bonds. The second-order valence-electron chi connectivity index (χ2n) is 5.90. The van der Waals surface area contributed by atoms with Crippen molar-refractivity contribution >= 4 is 22.8 Å². The summed E-state index contributed by atoms with van der Waals surface area (Å²) in [5.74, 6) is -1.08. The monoisotopic (exact) mass is 330 g/mol. The number of aromatic nitrogens is 1. The van der Waals surface area contributed by atoms with Crippen molar-refractivity contribution in [3.63, 3.8) is 0 Å². The van der Waals surface area contributed by atoms with Crippen LogP contribution in [0.4, 0.5) is 0 Å². The van der Waals surface area contributed by atoms with Crippen LogP contribution in [0.5, 0.6) is 5.75 Å². The third-order valence-electron chi connectivity index (χ3n) is 4.01. The molecule has 1 fully saturated rings. The zero-order valence-electron chi connectivity index (χ0n) is 13.2. The van der Waals surface area contributed by atoms with Crippen LogP contribution in [0.1, 0.15) is 22.5 Å². The molecule has 0 radical (unpaired) electrons. The Labute approximate surface area is 138 Å². The summed E-state index contributed by atoms with van der Waals surface area (Å²) >= 11 is 0. The molecule has 7 nitrogen and oxygen atoms in total. The van der Waals surface area contributed by atoms with Gasteiger partial charge >= 0.3 is 5.97 Å². The van der Waals surface area contributed by atoms with Crippen LogP contribution in [0.15, 0.2) is 24.3 Å². The number of nitrogens with zero attached hydrogens (tertiary/aromatic N) is 2. The summed E-state index contributed by atoms with van der Waals surface area (Å²) in [6.07, 6.45) is 0.0733. The van der Waals surface area contributed by atoms with Crippen LogP contribution in [0.2, 0.25) is 0 Å². The molecule has 0 spiro atoms. The van der Waals surface area contributed by atoms with E-state index in [1.54, 1.807) is 12.1 Å². The number of carboxylic acid groups (broad SMARTS) is 1. The molecule has 3 rings (SSSR count). The number of aliphatic hydroxyl groups is 1. The Bertz CT molecular complexity index is 805. The molecule has 2 aromatic rings. The van der Waals surface area contributed by atoms with Crippen LogP contribution in [0, 0.1) is 6.92 Å². The number of carboxylic acids is 1. The second kappa shape index (κ2) is 6.45. The highest BCUT2D eigenvalue weighted by Crippen LogP contribution is 2.26. The van der Waals surface area contributed by atoms with Gasteiger partial charge in [-0.25, -0.2) is 9.78 Å². The Hall–Kier alpha value is -2.67. The lowest BCUT2D eigenvalue weighted by Gasteiger charge is -2.16. The van der Waals surface area contributed by atoms with E-state index in [0.29, 0.717) is 36.2 Å². The molecule has 0 saturated carbocycles. The van der Waals surface area contributed by atoms with E-state index >= 15 is 0 Å². The number of carbonyl (C=O) groups is 2. The molecule has 1 aliphatic rings. The summed E-state index contributed by atoms with van der Waals surface area (Å²) in [5.41, 5.74) is 1.33. The third kappa shape index (κ3) is 3.30. The summed E-state index contributed by atoms with van der Waals surface area (Å²) in [6, 6.07) is 6.76. The average molecular weight is 330 g/mol. The van der Waals surface area contributed by atoms with Crippen molar-refractivity contribution in [3.8, 4) is 5.75 Å². The lowest BCUT2D eigenvalue weighted by molar-refractivity contribution is -0.132. The van der Waals surface area contributed by atoms with Gasteiger partial charge in [-0.05, 0) is 31.0 Å². The minimum absolute atomic E-state index is 0.132. The van der Waals surface area contributed by atoms with Crippen LogP contribution >= 0.6 is 0 Å². The van der Waals surface area contributed by atoms with Crippen LogP contribution < -0.4 is 4.74 Å². The van der Waals surface area contributed by atoms with Crippen molar-refractivity contribution in [1.29, 1.82) is 0 Å². The van der Waals surface area contributed by atoms with E-state index in [1.165, 1.54) is 11.0 Å². The molecule has 7 heteroatoms. The van der Waals surface area contributed by atoms with Crippen LogP contribution in [0.3, 0.4) is 0 Å². The quantitative estimate of drug-likeness (QED) is 0.874. The topological polar surface area (TPSA) is 100.0 Å². The van der Waals surface area contributed by atoms with Crippen molar-refractivity contribution < 1.29 is 24.5 Å². The number of rotatable bonds is 4. The number of β-amino-alcohol motifs (C(OH)–C–C–N with tert-alkyl or cyclic N) is 1. The second-order valence-corrected chi connectivity index (χ2v) is 5.90. The van der Waals surface area contributed by atoms with Gasteiger partial charge in [-0.15, -0.1) is 0 Å². The number of fused-ring (bicyclic) bond motifs is 1. The Kier molecular flexibility index (Phi) is 4.35. The number of aliphatic hydroxyl groups excluding tert-OH is 1. The van der Waals surface area contributed by atoms with Gasteiger partial charge in [-0.3, -0.25) is 4.79 Å². The molecule has 2 heterocycles. The van der Waals surface area contributed by atoms with E-state index in [9.17, 15) is 19.8 Å². The average Bonchev–Trinajstić information content (AvgIpc) is 2.98. The van der Waals surface area contributed by atoms with Crippen molar-refractivity contribution in [1.82, 2.24) is 9.88 Å². The van der Waals surface area contributed by atoms with E-state index < -0.39 is 12.1 Å². The molecule has 1 unspecified atom stereocenters. The van der Waals surface area contributed by atoms with Crippen molar-refractivity contribution in [3.05, 3.63) is 35.5 Å². The predicted molar refractivity (Wildman–Crippen MR) is 86.1 cm³/mol. The minimum Gasteiger partial charge on any atom is -0.483 e. The highest BCUT2D eigenvalue weighted by atomic mass is 16.5. The van der Waals surface area contributed by atoms with Gasteiger partial charge in [0.25, 0.3) is 5.91 Å². The first-order valence-corrected chi connectivity index (χ1v) is 7.67. The fourth-order valence-electron chi connectivity index (χ4n) is 2.73. The molecule has 1 aromatic heterocycles. The smallest absolute Gasteiger partial charge is 0.354 e. The van der Waals surface area contributed by atoms with E-state index in [0.717, 1.165) is 5.56 Å². The van der Waals surface area contributed by atoms with Gasteiger partial charge in [0.1, 0.15) is 5.75 Å².